The number of aromatic hydroxyl groups is 1. The molecule has 1 aliphatic heterocycles. The minimum absolute atomic E-state index is 0.0925. The van der Waals surface area contributed by atoms with Crippen molar-refractivity contribution in [3.05, 3.63) is 75.3 Å². The normalized spacial score (nSPS) is 15.1. The van der Waals surface area contributed by atoms with Crippen molar-refractivity contribution in [2.24, 2.45) is 0 Å². The summed E-state index contributed by atoms with van der Waals surface area (Å²) in [6, 6.07) is 15.3. The molecule has 7 heteroatoms. The van der Waals surface area contributed by atoms with Crippen LogP contribution in [0, 0.1) is 13.8 Å². The SMILES string of the molecule is Cc1ccc2c(c1C)N(CCNCc1ccc(Cl)c(O)c1Cl)c1ccccc1S2=O. The van der Waals surface area contributed by atoms with Gasteiger partial charge in [-0.1, -0.05) is 47.5 Å². The molecule has 0 spiro atoms. The number of aryl methyl sites for hydroxylation is 1. The molecular weight excluding hydrogens is 439 g/mol. The van der Waals surface area contributed by atoms with E-state index < -0.39 is 10.8 Å². The number of hydrogen-bond acceptors (Lipinski definition) is 4. The number of rotatable bonds is 5. The van der Waals surface area contributed by atoms with Crippen molar-refractivity contribution in [1.82, 2.24) is 5.32 Å². The Morgan fingerprint density at radius 2 is 1.80 bits per heavy atom. The van der Waals surface area contributed by atoms with Gasteiger partial charge >= 0.3 is 0 Å². The Morgan fingerprint density at radius 1 is 1.03 bits per heavy atom. The van der Waals surface area contributed by atoms with E-state index in [0.29, 0.717) is 19.6 Å². The highest BCUT2D eigenvalue weighted by atomic mass is 35.5. The van der Waals surface area contributed by atoms with Crippen LogP contribution in [0.3, 0.4) is 0 Å². The molecule has 0 bridgehead atoms. The van der Waals surface area contributed by atoms with Crippen LogP contribution in [0.1, 0.15) is 16.7 Å². The first kappa shape index (κ1) is 21.2. The molecule has 0 radical (unpaired) electrons. The summed E-state index contributed by atoms with van der Waals surface area (Å²) >= 11 is 12.1. The van der Waals surface area contributed by atoms with Crippen LogP contribution >= 0.6 is 23.2 Å². The summed E-state index contributed by atoms with van der Waals surface area (Å²) in [6.07, 6.45) is 0. The Hall–Kier alpha value is -2.05. The summed E-state index contributed by atoms with van der Waals surface area (Å²) in [5.74, 6) is -0.0925. The number of nitrogens with zero attached hydrogens (tertiary/aromatic N) is 1. The lowest BCUT2D eigenvalue weighted by Crippen LogP contribution is -2.32. The second-order valence-corrected chi connectivity index (χ2v) is 9.49. The molecule has 0 amide bonds. The molecule has 0 fully saturated rings. The summed E-state index contributed by atoms with van der Waals surface area (Å²) in [7, 11) is -1.19. The minimum atomic E-state index is -1.19. The van der Waals surface area contributed by atoms with Gasteiger partial charge in [-0.25, -0.2) is 4.21 Å². The topological polar surface area (TPSA) is 52.6 Å². The molecule has 0 saturated carbocycles. The van der Waals surface area contributed by atoms with Gasteiger partial charge in [-0.15, -0.1) is 0 Å². The van der Waals surface area contributed by atoms with Gasteiger partial charge in [-0.3, -0.25) is 0 Å². The largest absolute Gasteiger partial charge is 0.505 e. The first-order valence-electron chi connectivity index (χ1n) is 9.65. The quantitative estimate of drug-likeness (QED) is 0.477. The molecule has 4 nitrogen and oxygen atoms in total. The van der Waals surface area contributed by atoms with Gasteiger partial charge in [0.05, 0.1) is 42.0 Å². The lowest BCUT2D eigenvalue weighted by atomic mass is 10.1. The molecule has 1 unspecified atom stereocenters. The molecule has 3 aromatic rings. The number of hydrogen-bond donors (Lipinski definition) is 2. The second kappa shape index (κ2) is 8.60. The zero-order valence-corrected chi connectivity index (χ0v) is 19.0. The first-order chi connectivity index (χ1) is 14.4. The number of halogens is 2. The maximum Gasteiger partial charge on any atom is 0.153 e. The average molecular weight is 461 g/mol. The highest BCUT2D eigenvalue weighted by Crippen LogP contribution is 2.44. The number of para-hydroxylation sites is 1. The van der Waals surface area contributed by atoms with Crippen LogP contribution in [-0.4, -0.2) is 22.4 Å². The highest BCUT2D eigenvalue weighted by Gasteiger charge is 2.29. The average Bonchev–Trinajstić information content (AvgIpc) is 2.75. The Morgan fingerprint density at radius 3 is 2.60 bits per heavy atom. The van der Waals surface area contributed by atoms with Crippen LogP contribution in [0.15, 0.2) is 58.3 Å². The number of fused-ring (bicyclic) bond motifs is 2. The summed E-state index contributed by atoms with van der Waals surface area (Å²) < 4.78 is 13.1. The van der Waals surface area contributed by atoms with Gasteiger partial charge in [0.25, 0.3) is 0 Å². The summed E-state index contributed by atoms with van der Waals surface area (Å²) in [5, 5.41) is 13.8. The molecule has 4 rings (SSSR count). The van der Waals surface area contributed by atoms with Crippen molar-refractivity contribution in [3.8, 4) is 5.75 Å². The molecule has 1 aliphatic rings. The smallest absolute Gasteiger partial charge is 0.153 e. The lowest BCUT2D eigenvalue weighted by molar-refractivity contribution is 0.474. The molecule has 1 heterocycles. The van der Waals surface area contributed by atoms with Crippen molar-refractivity contribution in [2.75, 3.05) is 18.0 Å². The Bertz CT molecular complexity index is 1150. The maximum absolute atomic E-state index is 13.1. The van der Waals surface area contributed by atoms with E-state index in [2.05, 4.69) is 24.1 Å². The van der Waals surface area contributed by atoms with Crippen LogP contribution in [0.4, 0.5) is 11.4 Å². The zero-order valence-electron chi connectivity index (χ0n) is 16.7. The predicted molar refractivity (Wildman–Crippen MR) is 124 cm³/mol. The number of phenols is 1. The monoisotopic (exact) mass is 460 g/mol. The highest BCUT2D eigenvalue weighted by molar-refractivity contribution is 7.85. The van der Waals surface area contributed by atoms with Gasteiger partial charge in [0.1, 0.15) is 0 Å². The molecular formula is C23H22Cl2N2O2S. The van der Waals surface area contributed by atoms with E-state index in [1.807, 2.05) is 36.4 Å². The van der Waals surface area contributed by atoms with E-state index in [-0.39, 0.29) is 15.8 Å². The van der Waals surface area contributed by atoms with Crippen molar-refractivity contribution >= 4 is 45.4 Å². The molecule has 30 heavy (non-hydrogen) atoms. The van der Waals surface area contributed by atoms with Gasteiger partial charge in [-0.05, 0) is 54.8 Å². The van der Waals surface area contributed by atoms with E-state index in [4.69, 9.17) is 23.2 Å². The van der Waals surface area contributed by atoms with Gasteiger partial charge in [0, 0.05) is 19.6 Å². The molecule has 0 saturated heterocycles. The van der Waals surface area contributed by atoms with Crippen molar-refractivity contribution < 1.29 is 9.32 Å². The van der Waals surface area contributed by atoms with Crippen molar-refractivity contribution in [1.29, 1.82) is 0 Å². The first-order valence-corrected chi connectivity index (χ1v) is 11.6. The third-order valence-electron chi connectivity index (χ3n) is 5.46. The van der Waals surface area contributed by atoms with Gasteiger partial charge in [0.2, 0.25) is 0 Å². The van der Waals surface area contributed by atoms with Crippen LogP contribution in [0.5, 0.6) is 5.75 Å². The molecule has 1 atom stereocenters. The van der Waals surface area contributed by atoms with Gasteiger partial charge < -0.3 is 15.3 Å². The fourth-order valence-corrected chi connectivity index (χ4v) is 5.58. The third-order valence-corrected chi connectivity index (χ3v) is 7.67. The van der Waals surface area contributed by atoms with E-state index in [1.165, 1.54) is 5.56 Å². The third kappa shape index (κ3) is 3.71. The Balaban J connectivity index is 1.58. The zero-order chi connectivity index (χ0) is 21.4. The predicted octanol–water partition coefficient (Wildman–Crippen LogP) is 5.72. The van der Waals surface area contributed by atoms with Crippen molar-refractivity contribution in [2.45, 2.75) is 30.2 Å². The summed E-state index contributed by atoms with van der Waals surface area (Å²) in [5.41, 5.74) is 5.09. The van der Waals surface area contributed by atoms with Crippen LogP contribution in [0.25, 0.3) is 0 Å². The second-order valence-electron chi connectivity index (χ2n) is 7.29. The Kier molecular flexibility index (Phi) is 6.07. The molecule has 3 aromatic carbocycles. The van der Waals surface area contributed by atoms with Crippen LogP contribution in [0.2, 0.25) is 10.0 Å². The molecule has 0 aromatic heterocycles. The number of benzene rings is 3. The van der Waals surface area contributed by atoms with E-state index in [0.717, 1.165) is 32.3 Å². The van der Waals surface area contributed by atoms with Crippen LogP contribution < -0.4 is 10.2 Å². The van der Waals surface area contributed by atoms with Gasteiger partial charge in [-0.2, -0.15) is 0 Å². The summed E-state index contributed by atoms with van der Waals surface area (Å²) in [6.45, 7) is 6.03. The fraction of sp³-hybridized carbons (Fsp3) is 0.217. The number of nitrogens with one attached hydrogen (secondary N) is 1. The number of phenolic OH excluding ortho intramolecular Hbond substituents is 1. The summed E-state index contributed by atoms with van der Waals surface area (Å²) in [4.78, 5) is 3.92. The molecule has 2 N–H and O–H groups in total. The van der Waals surface area contributed by atoms with E-state index >= 15 is 0 Å². The van der Waals surface area contributed by atoms with Crippen molar-refractivity contribution in [3.63, 3.8) is 0 Å². The Labute approximate surface area is 188 Å². The standard InChI is InChI=1S/C23H22Cl2N2O2S/c1-14-7-10-20-22(15(14)2)27(18-5-3-4-6-19(18)30(20)29)12-11-26-13-16-8-9-17(24)23(28)21(16)25/h3-10,26,28H,11-13H2,1-2H3. The van der Waals surface area contributed by atoms with Crippen LogP contribution in [-0.2, 0) is 17.3 Å². The molecule has 156 valence electrons. The minimum Gasteiger partial charge on any atom is -0.505 e. The molecule has 0 aliphatic carbocycles. The lowest BCUT2D eigenvalue weighted by Gasteiger charge is -2.34. The number of anilines is 2. The fourth-order valence-electron chi connectivity index (χ4n) is 3.70. The van der Waals surface area contributed by atoms with E-state index in [9.17, 15) is 9.32 Å². The van der Waals surface area contributed by atoms with Gasteiger partial charge in [0.15, 0.2) is 5.75 Å². The maximum atomic E-state index is 13.1. The van der Waals surface area contributed by atoms with E-state index in [1.54, 1.807) is 12.1 Å².